The molecule has 0 fully saturated rings. The van der Waals surface area contributed by atoms with Crippen LogP contribution in [0.25, 0.3) is 0 Å². The van der Waals surface area contributed by atoms with Crippen molar-refractivity contribution in [3.8, 4) is 0 Å². The lowest BCUT2D eigenvalue weighted by atomic mass is 10.2. The third kappa shape index (κ3) is 2.05. The van der Waals surface area contributed by atoms with Crippen LogP contribution >= 0.6 is 0 Å². The number of hydrogen-bond acceptors (Lipinski definition) is 3. The highest BCUT2D eigenvalue weighted by Gasteiger charge is 2.02. The predicted octanol–water partition coefficient (Wildman–Crippen LogP) is -0.532. The van der Waals surface area contributed by atoms with Crippen LogP contribution in [0.4, 0.5) is 0 Å². The van der Waals surface area contributed by atoms with Gasteiger partial charge in [0.15, 0.2) is 0 Å². The molecule has 0 aliphatic heterocycles. The van der Waals surface area contributed by atoms with E-state index >= 15 is 0 Å². The first-order valence-corrected chi connectivity index (χ1v) is 3.13. The Bertz CT molecular complexity index is 256. The van der Waals surface area contributed by atoms with Gasteiger partial charge in [-0.15, -0.1) is 0 Å². The van der Waals surface area contributed by atoms with E-state index in [-0.39, 0.29) is 6.42 Å². The lowest BCUT2D eigenvalue weighted by molar-refractivity contribution is -0.128. The number of hydrogen-bond donors (Lipinski definition) is 2. The van der Waals surface area contributed by atoms with E-state index in [0.29, 0.717) is 0 Å². The van der Waals surface area contributed by atoms with Gasteiger partial charge < -0.3 is 0 Å². The average Bonchev–Trinajstić information content (AvgIpc) is 2.35. The molecule has 1 amide bonds. The summed E-state index contributed by atoms with van der Waals surface area (Å²) in [5, 5.41) is 12.0. The largest absolute Gasteiger partial charge is 0.289 e. The van der Waals surface area contributed by atoms with Gasteiger partial charge in [-0.2, -0.15) is 5.10 Å². The molecule has 0 aromatic carbocycles. The lowest BCUT2D eigenvalue weighted by Crippen LogP contribution is -2.20. The van der Waals surface area contributed by atoms with E-state index in [9.17, 15) is 4.79 Å². The van der Waals surface area contributed by atoms with Crippen LogP contribution in [0, 0.1) is 0 Å². The number of aromatic nitrogens is 2. The van der Waals surface area contributed by atoms with Crippen molar-refractivity contribution in [2.45, 2.75) is 6.42 Å². The van der Waals surface area contributed by atoms with Gasteiger partial charge in [-0.3, -0.25) is 14.7 Å². The zero-order valence-electron chi connectivity index (χ0n) is 6.11. The van der Waals surface area contributed by atoms with E-state index < -0.39 is 5.91 Å². The van der Waals surface area contributed by atoms with E-state index in [1.165, 1.54) is 0 Å². The molecule has 0 atom stereocenters. The second-order valence-electron chi connectivity index (χ2n) is 2.23. The Morgan fingerprint density at radius 2 is 2.64 bits per heavy atom. The first-order chi connectivity index (χ1) is 5.22. The maximum atomic E-state index is 10.6. The van der Waals surface area contributed by atoms with Gasteiger partial charge in [0, 0.05) is 13.2 Å². The standard InChI is InChI=1S/C6H9N3O2/c1-9-4-5(3-7-9)2-6(10)8-11/h3-4,11H,2H2,1H3,(H,8,10). The molecule has 0 aliphatic carbocycles. The lowest BCUT2D eigenvalue weighted by Gasteiger charge is -1.92. The number of carbonyl (C=O) groups excluding carboxylic acids is 1. The van der Waals surface area contributed by atoms with Crippen LogP contribution in [0.3, 0.4) is 0 Å². The summed E-state index contributed by atoms with van der Waals surface area (Å²) in [4.78, 5) is 10.6. The molecule has 0 radical (unpaired) electrons. The fourth-order valence-electron chi connectivity index (χ4n) is 0.788. The van der Waals surface area contributed by atoms with Crippen LogP contribution in [0.15, 0.2) is 12.4 Å². The smallest absolute Gasteiger partial charge is 0.247 e. The van der Waals surface area contributed by atoms with Crippen LogP contribution in [0.5, 0.6) is 0 Å². The zero-order chi connectivity index (χ0) is 8.27. The van der Waals surface area contributed by atoms with Crippen LogP contribution in [-0.2, 0) is 18.3 Å². The van der Waals surface area contributed by atoms with Crippen molar-refractivity contribution < 1.29 is 10.0 Å². The summed E-state index contributed by atoms with van der Waals surface area (Å²) in [7, 11) is 1.76. The molecule has 0 aliphatic rings. The van der Waals surface area contributed by atoms with Crippen molar-refractivity contribution in [2.24, 2.45) is 7.05 Å². The second kappa shape index (κ2) is 3.16. The SMILES string of the molecule is Cn1cc(CC(=O)NO)cn1. The third-order valence-electron chi connectivity index (χ3n) is 1.25. The molecule has 0 saturated heterocycles. The second-order valence-corrected chi connectivity index (χ2v) is 2.23. The molecular formula is C6H9N3O2. The van der Waals surface area contributed by atoms with Gasteiger partial charge in [0.25, 0.3) is 0 Å². The molecule has 1 aromatic heterocycles. The maximum absolute atomic E-state index is 10.6. The quantitative estimate of drug-likeness (QED) is 0.445. The minimum absolute atomic E-state index is 0.157. The van der Waals surface area contributed by atoms with Crippen molar-refractivity contribution in [2.75, 3.05) is 0 Å². The van der Waals surface area contributed by atoms with Crippen LogP contribution in [-0.4, -0.2) is 20.9 Å². The number of rotatable bonds is 2. The molecular weight excluding hydrogens is 146 g/mol. The summed E-state index contributed by atoms with van der Waals surface area (Å²) >= 11 is 0. The minimum atomic E-state index is -0.432. The van der Waals surface area contributed by atoms with E-state index in [0.717, 1.165) is 5.56 Å². The fraction of sp³-hybridized carbons (Fsp3) is 0.333. The van der Waals surface area contributed by atoms with Gasteiger partial charge in [-0.25, -0.2) is 5.48 Å². The maximum Gasteiger partial charge on any atom is 0.247 e. The predicted molar refractivity (Wildman–Crippen MR) is 36.8 cm³/mol. The van der Waals surface area contributed by atoms with Crippen molar-refractivity contribution in [3.63, 3.8) is 0 Å². The molecule has 60 valence electrons. The molecule has 0 saturated carbocycles. The highest BCUT2D eigenvalue weighted by Crippen LogP contribution is 1.96. The third-order valence-corrected chi connectivity index (χ3v) is 1.25. The van der Waals surface area contributed by atoms with Gasteiger partial charge >= 0.3 is 0 Å². The highest BCUT2D eigenvalue weighted by atomic mass is 16.5. The van der Waals surface area contributed by atoms with Crippen molar-refractivity contribution in [1.29, 1.82) is 0 Å². The molecule has 0 bridgehead atoms. The van der Waals surface area contributed by atoms with Crippen molar-refractivity contribution in [1.82, 2.24) is 15.3 Å². The topological polar surface area (TPSA) is 67.2 Å². The molecule has 2 N–H and O–H groups in total. The number of nitrogens with one attached hydrogen (secondary N) is 1. The number of carbonyl (C=O) groups is 1. The van der Waals surface area contributed by atoms with Crippen LogP contribution in [0.2, 0.25) is 0 Å². The molecule has 0 spiro atoms. The highest BCUT2D eigenvalue weighted by molar-refractivity contribution is 5.77. The zero-order valence-corrected chi connectivity index (χ0v) is 6.11. The van der Waals surface area contributed by atoms with E-state index in [1.54, 1.807) is 29.6 Å². The first-order valence-electron chi connectivity index (χ1n) is 3.13. The van der Waals surface area contributed by atoms with Gasteiger partial charge in [-0.05, 0) is 5.56 Å². The summed E-state index contributed by atoms with van der Waals surface area (Å²) in [5.74, 6) is -0.432. The Balaban J connectivity index is 2.57. The Morgan fingerprint density at radius 3 is 3.09 bits per heavy atom. The molecule has 1 aromatic rings. The number of aryl methyl sites for hydroxylation is 1. The normalized spacial score (nSPS) is 9.64. The van der Waals surface area contributed by atoms with E-state index in [2.05, 4.69) is 5.10 Å². The molecule has 1 rings (SSSR count). The average molecular weight is 155 g/mol. The molecule has 5 nitrogen and oxygen atoms in total. The minimum Gasteiger partial charge on any atom is -0.289 e. The van der Waals surface area contributed by atoms with Crippen LogP contribution < -0.4 is 5.48 Å². The van der Waals surface area contributed by atoms with Crippen LogP contribution in [0.1, 0.15) is 5.56 Å². The van der Waals surface area contributed by atoms with E-state index in [4.69, 9.17) is 5.21 Å². The summed E-state index contributed by atoms with van der Waals surface area (Å²) in [6, 6.07) is 0. The van der Waals surface area contributed by atoms with Crippen molar-refractivity contribution >= 4 is 5.91 Å². The fourth-order valence-corrected chi connectivity index (χ4v) is 0.788. The Morgan fingerprint density at radius 1 is 1.91 bits per heavy atom. The molecule has 5 heteroatoms. The monoisotopic (exact) mass is 155 g/mol. The number of nitrogens with zero attached hydrogens (tertiary/aromatic N) is 2. The van der Waals surface area contributed by atoms with Gasteiger partial charge in [-0.1, -0.05) is 0 Å². The molecule has 1 heterocycles. The summed E-state index contributed by atoms with van der Waals surface area (Å²) in [6.45, 7) is 0. The molecule has 11 heavy (non-hydrogen) atoms. The van der Waals surface area contributed by atoms with Gasteiger partial charge in [0.05, 0.1) is 12.6 Å². The molecule has 0 unspecified atom stereocenters. The Kier molecular flexibility index (Phi) is 2.22. The van der Waals surface area contributed by atoms with Gasteiger partial charge in [0.2, 0.25) is 5.91 Å². The summed E-state index contributed by atoms with van der Waals surface area (Å²) in [5.41, 5.74) is 2.32. The Labute approximate surface area is 63.6 Å². The number of amides is 1. The first kappa shape index (κ1) is 7.74. The Hall–Kier alpha value is -1.36. The van der Waals surface area contributed by atoms with E-state index in [1.807, 2.05) is 0 Å². The van der Waals surface area contributed by atoms with Gasteiger partial charge in [0.1, 0.15) is 0 Å². The summed E-state index contributed by atoms with van der Waals surface area (Å²) < 4.78 is 1.60. The number of hydroxylamine groups is 1. The summed E-state index contributed by atoms with van der Waals surface area (Å²) in [6.07, 6.45) is 3.45. The van der Waals surface area contributed by atoms with Crippen molar-refractivity contribution in [3.05, 3.63) is 18.0 Å².